The van der Waals surface area contributed by atoms with E-state index in [0.29, 0.717) is 19.8 Å². The first kappa shape index (κ1) is 36.4. The first-order valence-electron chi connectivity index (χ1n) is 16.7. The quantitative estimate of drug-likeness (QED) is 0.169. The Kier molecular flexibility index (Phi) is 15.6. The van der Waals surface area contributed by atoms with Gasteiger partial charge in [-0.25, -0.2) is 0 Å². The fourth-order valence-electron chi connectivity index (χ4n) is 5.66. The minimum absolute atomic E-state index is 0.157. The van der Waals surface area contributed by atoms with E-state index in [0.717, 1.165) is 44.1 Å². The van der Waals surface area contributed by atoms with Gasteiger partial charge in [-0.3, -0.25) is 0 Å². The summed E-state index contributed by atoms with van der Waals surface area (Å²) in [5.74, 6) is 0. The molecular formula is C34H54O11. The van der Waals surface area contributed by atoms with Gasteiger partial charge in [0.2, 0.25) is 0 Å². The molecule has 256 valence electrons. The van der Waals surface area contributed by atoms with E-state index in [2.05, 4.69) is 27.4 Å². The molecular weight excluding hydrogens is 584 g/mol. The first-order valence-corrected chi connectivity index (χ1v) is 16.7. The molecule has 1 aromatic carbocycles. The maximum absolute atomic E-state index is 11.7. The fourth-order valence-corrected chi connectivity index (χ4v) is 5.66. The number of aliphatic hydroxyl groups is 2. The van der Waals surface area contributed by atoms with Crippen LogP contribution in [0.1, 0.15) is 71.1 Å². The van der Waals surface area contributed by atoms with Gasteiger partial charge < -0.3 is 52.8 Å². The maximum Gasteiger partial charge on any atom is 0.187 e. The summed E-state index contributed by atoms with van der Waals surface area (Å²) in [6.07, 6.45) is -2.54. The summed E-state index contributed by atoms with van der Waals surface area (Å²) in [7, 11) is 0. The van der Waals surface area contributed by atoms with Crippen LogP contribution >= 0.6 is 0 Å². The number of hydrogen-bond acceptors (Lipinski definition) is 11. The van der Waals surface area contributed by atoms with Gasteiger partial charge in [0, 0.05) is 25.4 Å². The molecule has 3 aliphatic rings. The van der Waals surface area contributed by atoms with Crippen LogP contribution in [-0.4, -0.2) is 111 Å². The van der Waals surface area contributed by atoms with Gasteiger partial charge in [0.25, 0.3) is 0 Å². The summed E-state index contributed by atoms with van der Waals surface area (Å²) in [6.45, 7) is 12.1. The van der Waals surface area contributed by atoms with Crippen molar-refractivity contribution in [3.63, 3.8) is 0 Å². The van der Waals surface area contributed by atoms with Crippen molar-refractivity contribution >= 4 is 0 Å². The number of aliphatic hydroxyl groups excluding tert-OH is 2. The van der Waals surface area contributed by atoms with Gasteiger partial charge >= 0.3 is 0 Å². The molecule has 3 aliphatic heterocycles. The molecule has 45 heavy (non-hydrogen) atoms. The molecule has 0 spiro atoms. The molecule has 3 heterocycles. The normalized spacial score (nSPS) is 35.2. The lowest BCUT2D eigenvalue weighted by Gasteiger charge is -2.50. The van der Waals surface area contributed by atoms with E-state index in [4.69, 9.17) is 42.6 Å². The maximum atomic E-state index is 11.7. The predicted molar refractivity (Wildman–Crippen MR) is 165 cm³/mol. The topological polar surface area (TPSA) is 124 Å². The molecule has 3 fully saturated rings. The number of ether oxygens (including phenoxy) is 9. The van der Waals surface area contributed by atoms with E-state index in [1.807, 2.05) is 30.3 Å². The van der Waals surface area contributed by atoms with Gasteiger partial charge in [0.1, 0.15) is 48.8 Å². The molecule has 0 aromatic heterocycles. The summed E-state index contributed by atoms with van der Waals surface area (Å²) in [5, 5.41) is 23.2. The Bertz CT molecular complexity index is 951. The van der Waals surface area contributed by atoms with Crippen molar-refractivity contribution < 1.29 is 52.8 Å². The van der Waals surface area contributed by atoms with Gasteiger partial charge in [-0.05, 0) is 19.3 Å². The highest BCUT2D eigenvalue weighted by atomic mass is 16.8. The number of benzene rings is 1. The van der Waals surface area contributed by atoms with Crippen LogP contribution in [0.4, 0.5) is 0 Å². The van der Waals surface area contributed by atoms with Crippen LogP contribution in [0.15, 0.2) is 43.0 Å². The van der Waals surface area contributed by atoms with Crippen LogP contribution in [0.3, 0.4) is 0 Å². The molecule has 4 rings (SSSR count). The van der Waals surface area contributed by atoms with Crippen LogP contribution in [0, 0.1) is 0 Å². The van der Waals surface area contributed by atoms with Gasteiger partial charge in [0.05, 0.1) is 19.8 Å². The second kappa shape index (κ2) is 19.4. The first-order chi connectivity index (χ1) is 22.0. The van der Waals surface area contributed by atoms with Crippen molar-refractivity contribution in [1.29, 1.82) is 0 Å². The SMILES string of the molecule is C=CCO[C@H]1OC2COC(c3ccccc3)O[C@H]2[C@H](O[C@@H]2OC(COCCCC)[C@@H](OCCCC)C(OCCCC)[C@@H]2O)C1O. The molecule has 11 nitrogen and oxygen atoms in total. The molecule has 1 aromatic rings. The fraction of sp³-hybridized carbons (Fsp3) is 0.765. The van der Waals surface area contributed by atoms with Crippen LogP contribution in [0.2, 0.25) is 0 Å². The molecule has 0 radical (unpaired) electrons. The van der Waals surface area contributed by atoms with E-state index < -0.39 is 67.7 Å². The third-order valence-electron chi connectivity index (χ3n) is 8.20. The summed E-state index contributed by atoms with van der Waals surface area (Å²) in [4.78, 5) is 0. The average molecular weight is 639 g/mol. The minimum Gasteiger partial charge on any atom is -0.385 e. The van der Waals surface area contributed by atoms with Crippen LogP contribution < -0.4 is 0 Å². The van der Waals surface area contributed by atoms with Crippen molar-refractivity contribution in [1.82, 2.24) is 0 Å². The standard InChI is InChI=1S/C34H54O11/c1-5-9-18-37-21-24-28(38-19-10-6-2)30(39-20-11-7-3)26(35)34(43-24)45-31-27(36)33(40-17-8-4)42-25-22-41-32(44-29(25)31)23-15-13-12-14-16-23/h8,12-16,24-36H,4-7,9-11,17-22H2,1-3H3/t24?,25?,26-,27?,28+,29+,30?,31+,32?,33-,34-/m0/s1. The second-order valence-corrected chi connectivity index (χ2v) is 11.8. The number of fused-ring (bicyclic) bond motifs is 1. The molecule has 0 amide bonds. The smallest absolute Gasteiger partial charge is 0.187 e. The molecule has 5 unspecified atom stereocenters. The predicted octanol–water partition coefficient (Wildman–Crippen LogP) is 4.05. The number of unbranched alkanes of at least 4 members (excludes halogenated alkanes) is 3. The highest BCUT2D eigenvalue weighted by molar-refractivity contribution is 5.16. The molecule has 2 N–H and O–H groups in total. The van der Waals surface area contributed by atoms with Gasteiger partial charge in [0.15, 0.2) is 18.9 Å². The Morgan fingerprint density at radius 2 is 1.47 bits per heavy atom. The van der Waals surface area contributed by atoms with Crippen molar-refractivity contribution in [2.75, 3.05) is 39.6 Å². The Labute approximate surface area is 268 Å². The molecule has 3 saturated heterocycles. The van der Waals surface area contributed by atoms with E-state index in [-0.39, 0.29) is 19.8 Å². The van der Waals surface area contributed by atoms with Crippen LogP contribution in [0.5, 0.6) is 0 Å². The summed E-state index contributed by atoms with van der Waals surface area (Å²) in [6, 6.07) is 9.54. The Morgan fingerprint density at radius 1 is 0.800 bits per heavy atom. The third-order valence-corrected chi connectivity index (χ3v) is 8.20. The Morgan fingerprint density at radius 3 is 2.16 bits per heavy atom. The monoisotopic (exact) mass is 638 g/mol. The summed E-state index contributed by atoms with van der Waals surface area (Å²) >= 11 is 0. The molecule has 0 bridgehead atoms. The molecule has 11 heteroatoms. The lowest BCUT2D eigenvalue weighted by molar-refractivity contribution is -0.394. The number of hydrogen-bond donors (Lipinski definition) is 2. The third kappa shape index (κ3) is 10.0. The molecule has 0 saturated carbocycles. The zero-order valence-corrected chi connectivity index (χ0v) is 27.1. The largest absolute Gasteiger partial charge is 0.385 e. The summed E-state index contributed by atoms with van der Waals surface area (Å²) < 4.78 is 55.7. The Balaban J connectivity index is 1.58. The van der Waals surface area contributed by atoms with E-state index in [1.165, 1.54) is 0 Å². The Hall–Kier alpha value is -1.48. The van der Waals surface area contributed by atoms with Crippen molar-refractivity contribution in [2.24, 2.45) is 0 Å². The summed E-state index contributed by atoms with van der Waals surface area (Å²) in [5.41, 5.74) is 0.823. The van der Waals surface area contributed by atoms with Crippen molar-refractivity contribution in [3.05, 3.63) is 48.6 Å². The zero-order valence-electron chi connectivity index (χ0n) is 27.1. The van der Waals surface area contributed by atoms with E-state index in [1.54, 1.807) is 6.08 Å². The van der Waals surface area contributed by atoms with Gasteiger partial charge in [-0.1, -0.05) is 76.4 Å². The average Bonchev–Trinajstić information content (AvgIpc) is 3.06. The van der Waals surface area contributed by atoms with Crippen molar-refractivity contribution in [2.45, 2.75) is 127 Å². The molecule has 0 aliphatic carbocycles. The lowest BCUT2D eigenvalue weighted by atomic mass is 9.95. The highest BCUT2D eigenvalue weighted by Gasteiger charge is 2.54. The lowest BCUT2D eigenvalue weighted by Crippen LogP contribution is -2.67. The molecule has 11 atom stereocenters. The van der Waals surface area contributed by atoms with Crippen LogP contribution in [-0.2, 0) is 42.6 Å². The minimum atomic E-state index is -1.27. The zero-order chi connectivity index (χ0) is 32.0. The van der Waals surface area contributed by atoms with E-state index >= 15 is 0 Å². The second-order valence-electron chi connectivity index (χ2n) is 11.8. The van der Waals surface area contributed by atoms with Gasteiger partial charge in [-0.15, -0.1) is 6.58 Å². The van der Waals surface area contributed by atoms with Gasteiger partial charge in [-0.2, -0.15) is 0 Å². The van der Waals surface area contributed by atoms with E-state index in [9.17, 15) is 10.2 Å². The highest BCUT2D eigenvalue weighted by Crippen LogP contribution is 2.38. The number of rotatable bonds is 19. The van der Waals surface area contributed by atoms with Crippen molar-refractivity contribution in [3.8, 4) is 0 Å². The van der Waals surface area contributed by atoms with Crippen LogP contribution in [0.25, 0.3) is 0 Å².